The maximum atomic E-state index is 13.4. The third kappa shape index (κ3) is 7.52. The van der Waals surface area contributed by atoms with E-state index in [0.29, 0.717) is 45.8 Å². The van der Waals surface area contributed by atoms with Crippen molar-refractivity contribution < 1.29 is 29.0 Å². The molecule has 1 unspecified atom stereocenters. The van der Waals surface area contributed by atoms with Gasteiger partial charge < -0.3 is 24.9 Å². The summed E-state index contributed by atoms with van der Waals surface area (Å²) >= 11 is 7.52. The Morgan fingerprint density at radius 2 is 1.40 bits per heavy atom. The predicted molar refractivity (Wildman–Crippen MR) is 192 cm³/mol. The lowest BCUT2D eigenvalue weighted by molar-refractivity contribution is 0.163. The minimum atomic E-state index is -4.37. The number of thiocarbonyl (C=S) groups is 1. The number of phenolic OH excluding ortho intramolecular Hbond substituents is 1. The third-order valence-corrected chi connectivity index (χ3v) is 11.1. The second-order valence-corrected chi connectivity index (χ2v) is 15.0. The SMILES string of the molecule is O=P(O)(O)c1ccc(-c2ccc([C@@H]3[C@@H](CCCC(O)c4ccc(F)cc4)SC(=S)N3c3ccc(-c4ccccc4)cc3)c(O)c2)cc1. The van der Waals surface area contributed by atoms with Gasteiger partial charge >= 0.3 is 7.60 Å². The molecular weight excluding hydrogens is 653 g/mol. The number of rotatable bonds is 10. The fourth-order valence-corrected chi connectivity index (χ4v) is 8.38. The van der Waals surface area contributed by atoms with Gasteiger partial charge in [-0.05, 0) is 89.5 Å². The Hall–Kier alpha value is -3.82. The van der Waals surface area contributed by atoms with E-state index in [2.05, 4.69) is 29.2 Å². The van der Waals surface area contributed by atoms with Gasteiger partial charge in [-0.3, -0.25) is 4.57 Å². The predicted octanol–water partition coefficient (Wildman–Crippen LogP) is 8.52. The maximum absolute atomic E-state index is 13.4. The third-order valence-electron chi connectivity index (χ3n) is 8.44. The van der Waals surface area contributed by atoms with Crippen LogP contribution in [-0.2, 0) is 4.57 Å². The van der Waals surface area contributed by atoms with Crippen LogP contribution in [0.4, 0.5) is 10.1 Å². The summed E-state index contributed by atoms with van der Waals surface area (Å²) in [6.45, 7) is 0. The van der Waals surface area contributed by atoms with Crippen LogP contribution in [0.25, 0.3) is 22.3 Å². The minimum Gasteiger partial charge on any atom is -0.508 e. The monoisotopic (exact) mass is 685 g/mol. The van der Waals surface area contributed by atoms with Crippen LogP contribution in [0.15, 0.2) is 121 Å². The first-order chi connectivity index (χ1) is 22.6. The number of benzene rings is 5. The van der Waals surface area contributed by atoms with Crippen molar-refractivity contribution >= 4 is 46.9 Å². The number of anilines is 1. The number of hydrogen-bond donors (Lipinski definition) is 4. The zero-order valence-corrected chi connectivity index (χ0v) is 27.7. The molecule has 0 bridgehead atoms. The fourth-order valence-electron chi connectivity index (χ4n) is 5.98. The van der Waals surface area contributed by atoms with Crippen LogP contribution in [0.1, 0.15) is 42.5 Å². The lowest BCUT2D eigenvalue weighted by Crippen LogP contribution is -2.29. The molecule has 3 atom stereocenters. The van der Waals surface area contributed by atoms with Gasteiger partial charge in [-0.2, -0.15) is 0 Å². The van der Waals surface area contributed by atoms with Crippen LogP contribution >= 0.6 is 31.6 Å². The molecule has 1 fully saturated rings. The Morgan fingerprint density at radius 1 is 0.809 bits per heavy atom. The molecule has 5 aromatic rings. The van der Waals surface area contributed by atoms with E-state index in [1.165, 1.54) is 24.3 Å². The number of nitrogens with zero attached hydrogens (tertiary/aromatic N) is 1. The van der Waals surface area contributed by atoms with Crippen molar-refractivity contribution in [1.82, 2.24) is 0 Å². The van der Waals surface area contributed by atoms with Crippen molar-refractivity contribution in [2.75, 3.05) is 4.90 Å². The quantitative estimate of drug-likeness (QED) is 0.0858. The number of hydrogen-bond acceptors (Lipinski definition) is 5. The fraction of sp³-hybridized carbons (Fsp3) is 0.162. The maximum Gasteiger partial charge on any atom is 0.356 e. The standard InChI is InChI=1S/C37H33FNO5PS2/c38-29-16-9-27(10-17-29)33(40)7-4-8-35-36(32-22-15-28(23-34(32)41)26-13-20-31(21-14-26)45(42,43)44)39(37(46)47-35)30-18-11-25(12-19-30)24-5-2-1-3-6-24/h1-3,5-6,9-23,33,35-36,40-41H,4,7-8H2,(H2,42,43,44)/t33?,35-,36-/m1/s1. The molecule has 0 spiro atoms. The van der Waals surface area contributed by atoms with Crippen molar-refractivity contribution in [3.05, 3.63) is 138 Å². The second-order valence-electron chi connectivity index (χ2n) is 11.5. The molecule has 0 aromatic heterocycles. The van der Waals surface area contributed by atoms with Gasteiger partial charge in [-0.1, -0.05) is 103 Å². The van der Waals surface area contributed by atoms with Gasteiger partial charge in [0.1, 0.15) is 15.9 Å². The molecule has 0 radical (unpaired) electrons. The van der Waals surface area contributed by atoms with Crippen LogP contribution in [0.2, 0.25) is 0 Å². The highest BCUT2D eigenvalue weighted by Gasteiger charge is 2.41. The first-order valence-electron chi connectivity index (χ1n) is 15.2. The lowest BCUT2D eigenvalue weighted by Gasteiger charge is -2.30. The van der Waals surface area contributed by atoms with Crippen molar-refractivity contribution in [3.8, 4) is 28.0 Å². The van der Waals surface area contributed by atoms with E-state index >= 15 is 0 Å². The number of halogens is 1. The average Bonchev–Trinajstić information content (AvgIpc) is 3.40. The van der Waals surface area contributed by atoms with E-state index in [4.69, 9.17) is 12.2 Å². The molecule has 5 aromatic carbocycles. The number of phenols is 1. The first kappa shape index (κ1) is 33.1. The Balaban J connectivity index is 1.29. The van der Waals surface area contributed by atoms with Crippen LogP contribution < -0.4 is 10.2 Å². The van der Waals surface area contributed by atoms with Crippen LogP contribution in [-0.4, -0.2) is 29.6 Å². The van der Waals surface area contributed by atoms with Crippen molar-refractivity contribution in [2.45, 2.75) is 36.7 Å². The van der Waals surface area contributed by atoms with Gasteiger partial charge in [-0.15, -0.1) is 0 Å². The van der Waals surface area contributed by atoms with Crippen LogP contribution in [0, 0.1) is 5.82 Å². The summed E-state index contributed by atoms with van der Waals surface area (Å²) in [5.74, 6) is -0.264. The highest BCUT2D eigenvalue weighted by molar-refractivity contribution is 8.24. The summed E-state index contributed by atoms with van der Waals surface area (Å²) in [5.41, 5.74) is 5.86. The molecule has 6 rings (SSSR count). The van der Waals surface area contributed by atoms with Gasteiger partial charge in [0.15, 0.2) is 0 Å². The summed E-state index contributed by atoms with van der Waals surface area (Å²) in [7, 11) is -4.37. The molecule has 1 saturated heterocycles. The Bertz CT molecular complexity index is 1900. The average molecular weight is 686 g/mol. The van der Waals surface area contributed by atoms with Crippen molar-refractivity contribution in [1.29, 1.82) is 0 Å². The van der Waals surface area contributed by atoms with E-state index in [0.717, 1.165) is 16.8 Å². The van der Waals surface area contributed by atoms with Crippen molar-refractivity contribution in [3.63, 3.8) is 0 Å². The molecule has 240 valence electrons. The highest BCUT2D eigenvalue weighted by Crippen LogP contribution is 2.49. The molecule has 47 heavy (non-hydrogen) atoms. The van der Waals surface area contributed by atoms with Gasteiger partial charge in [0.2, 0.25) is 0 Å². The van der Waals surface area contributed by atoms with E-state index < -0.39 is 13.7 Å². The van der Waals surface area contributed by atoms with E-state index in [1.54, 1.807) is 42.1 Å². The number of aliphatic hydroxyl groups is 1. The zero-order valence-electron chi connectivity index (χ0n) is 25.2. The molecule has 1 aliphatic heterocycles. The highest BCUT2D eigenvalue weighted by atomic mass is 32.2. The molecule has 10 heteroatoms. The van der Waals surface area contributed by atoms with E-state index in [9.17, 15) is 29.0 Å². The molecular formula is C37H33FNO5PS2. The Morgan fingerprint density at radius 3 is 2.04 bits per heavy atom. The van der Waals surface area contributed by atoms with Crippen LogP contribution in [0.5, 0.6) is 5.75 Å². The topological polar surface area (TPSA) is 101 Å². The summed E-state index contributed by atoms with van der Waals surface area (Å²) < 4.78 is 25.7. The lowest BCUT2D eigenvalue weighted by atomic mass is 9.93. The normalized spacial score (nSPS) is 17.2. The molecule has 0 amide bonds. The summed E-state index contributed by atoms with van der Waals surface area (Å²) in [4.78, 5) is 21.0. The molecule has 1 aliphatic rings. The van der Waals surface area contributed by atoms with E-state index in [-0.39, 0.29) is 28.2 Å². The molecule has 0 saturated carbocycles. The number of aromatic hydroxyl groups is 1. The van der Waals surface area contributed by atoms with Gasteiger partial charge in [0.25, 0.3) is 0 Å². The Kier molecular flexibility index (Phi) is 9.94. The van der Waals surface area contributed by atoms with Gasteiger partial charge in [0.05, 0.1) is 17.5 Å². The minimum absolute atomic E-state index is 0.0315. The summed E-state index contributed by atoms with van der Waals surface area (Å²) in [6.07, 6.45) is 1.15. The molecule has 1 heterocycles. The molecule has 6 nitrogen and oxygen atoms in total. The first-order valence-corrected chi connectivity index (χ1v) is 18.1. The number of aliphatic hydroxyl groups excluding tert-OH is 1. The molecule has 0 aliphatic carbocycles. The Labute approximate surface area is 282 Å². The number of thioether (sulfide) groups is 1. The van der Waals surface area contributed by atoms with Gasteiger partial charge in [-0.25, -0.2) is 4.39 Å². The smallest absolute Gasteiger partial charge is 0.356 e. The van der Waals surface area contributed by atoms with E-state index in [1.807, 2.05) is 42.5 Å². The molecule has 4 N–H and O–H groups in total. The second kappa shape index (κ2) is 14.1. The summed E-state index contributed by atoms with van der Waals surface area (Å²) in [6, 6.07) is 35.4. The van der Waals surface area contributed by atoms with Crippen molar-refractivity contribution in [2.24, 2.45) is 0 Å². The van der Waals surface area contributed by atoms with Gasteiger partial charge in [0, 0.05) is 16.5 Å². The largest absolute Gasteiger partial charge is 0.508 e. The zero-order chi connectivity index (χ0) is 33.1. The summed E-state index contributed by atoms with van der Waals surface area (Å²) in [5, 5.41) is 22.1. The van der Waals surface area contributed by atoms with Crippen LogP contribution in [0.3, 0.4) is 0 Å².